The van der Waals surface area contributed by atoms with Crippen LogP contribution in [-0.2, 0) is 13.1 Å². The van der Waals surface area contributed by atoms with Gasteiger partial charge in [0.2, 0.25) is 6.79 Å². The topological polar surface area (TPSA) is 77.3 Å². The Kier molecular flexibility index (Phi) is 7.95. The molecule has 0 unspecified atom stereocenters. The van der Waals surface area contributed by atoms with Crippen LogP contribution in [0.5, 0.6) is 17.2 Å². The molecule has 7 nitrogen and oxygen atoms in total. The number of furan rings is 1. The van der Waals surface area contributed by atoms with Crippen LogP contribution in [0.25, 0.3) is 0 Å². The van der Waals surface area contributed by atoms with Crippen molar-refractivity contribution < 1.29 is 27.4 Å². The zero-order chi connectivity index (χ0) is 18.4. The molecule has 0 spiro atoms. The standard InChI is InChI=1S/C17H19F2N3O4.HI/c1-2-20-17(22-9-12-4-3-5-23-12)21-8-11-6-14-15(25-10-24-14)7-13(11)26-16(18)19;/h3-7,16H,2,8-10H2,1H3,(H2,20,21,22);1H. The highest BCUT2D eigenvalue weighted by atomic mass is 127. The van der Waals surface area contributed by atoms with Crippen LogP contribution < -0.4 is 24.8 Å². The van der Waals surface area contributed by atoms with Gasteiger partial charge in [0.25, 0.3) is 0 Å². The van der Waals surface area contributed by atoms with E-state index in [1.165, 1.54) is 6.07 Å². The Balaban J connectivity index is 0.00000261. The molecule has 0 amide bonds. The Morgan fingerprint density at radius 1 is 1.26 bits per heavy atom. The van der Waals surface area contributed by atoms with Crippen molar-refractivity contribution in [2.75, 3.05) is 13.3 Å². The lowest BCUT2D eigenvalue weighted by atomic mass is 10.1. The van der Waals surface area contributed by atoms with E-state index in [1.807, 2.05) is 13.0 Å². The van der Waals surface area contributed by atoms with Gasteiger partial charge in [0, 0.05) is 18.2 Å². The van der Waals surface area contributed by atoms with Crippen molar-refractivity contribution in [1.29, 1.82) is 0 Å². The molecule has 27 heavy (non-hydrogen) atoms. The molecule has 0 saturated heterocycles. The molecule has 10 heteroatoms. The van der Waals surface area contributed by atoms with E-state index in [9.17, 15) is 8.78 Å². The van der Waals surface area contributed by atoms with E-state index < -0.39 is 6.61 Å². The molecule has 0 saturated carbocycles. The van der Waals surface area contributed by atoms with Crippen LogP contribution in [0.1, 0.15) is 18.2 Å². The van der Waals surface area contributed by atoms with Crippen molar-refractivity contribution in [3.8, 4) is 17.2 Å². The number of nitrogens with zero attached hydrogens (tertiary/aromatic N) is 1. The fraction of sp³-hybridized carbons (Fsp3) is 0.353. The monoisotopic (exact) mass is 495 g/mol. The van der Waals surface area contributed by atoms with Crippen molar-refractivity contribution in [1.82, 2.24) is 10.6 Å². The molecule has 0 fully saturated rings. The van der Waals surface area contributed by atoms with Gasteiger partial charge in [-0.3, -0.25) is 0 Å². The lowest BCUT2D eigenvalue weighted by molar-refractivity contribution is -0.0505. The largest absolute Gasteiger partial charge is 0.467 e. The highest BCUT2D eigenvalue weighted by molar-refractivity contribution is 14.0. The van der Waals surface area contributed by atoms with Crippen LogP contribution in [0, 0.1) is 0 Å². The molecule has 0 bridgehead atoms. The van der Waals surface area contributed by atoms with E-state index in [0.717, 1.165) is 5.76 Å². The second-order valence-electron chi connectivity index (χ2n) is 5.32. The van der Waals surface area contributed by atoms with Gasteiger partial charge in [-0.15, -0.1) is 24.0 Å². The first-order valence-corrected chi connectivity index (χ1v) is 8.07. The van der Waals surface area contributed by atoms with Gasteiger partial charge in [0.1, 0.15) is 11.5 Å². The third kappa shape index (κ3) is 5.88. The average molecular weight is 495 g/mol. The Morgan fingerprint density at radius 3 is 2.70 bits per heavy atom. The molecule has 1 aromatic heterocycles. The third-order valence-corrected chi connectivity index (χ3v) is 3.53. The number of ether oxygens (including phenoxy) is 3. The number of guanidine groups is 1. The van der Waals surface area contributed by atoms with Crippen LogP contribution in [0.2, 0.25) is 0 Å². The Labute approximate surface area is 172 Å². The maximum atomic E-state index is 12.7. The summed E-state index contributed by atoms with van der Waals surface area (Å²) in [5.41, 5.74) is 0.463. The molecule has 1 aliphatic heterocycles. The van der Waals surface area contributed by atoms with E-state index in [-0.39, 0.29) is 43.1 Å². The van der Waals surface area contributed by atoms with E-state index in [4.69, 9.17) is 13.9 Å². The first-order chi connectivity index (χ1) is 12.7. The number of fused-ring (bicyclic) bond motifs is 1. The van der Waals surface area contributed by atoms with Gasteiger partial charge >= 0.3 is 6.61 Å². The van der Waals surface area contributed by atoms with Gasteiger partial charge in [-0.25, -0.2) is 4.99 Å². The number of halogens is 3. The molecule has 1 aromatic carbocycles. The van der Waals surface area contributed by atoms with Crippen molar-refractivity contribution in [2.45, 2.75) is 26.6 Å². The molecular weight excluding hydrogens is 475 g/mol. The Morgan fingerprint density at radius 2 is 2.04 bits per heavy atom. The molecule has 2 N–H and O–H groups in total. The van der Waals surface area contributed by atoms with Gasteiger partial charge in [-0.1, -0.05) is 0 Å². The number of hydrogen-bond acceptors (Lipinski definition) is 5. The number of alkyl halides is 2. The molecule has 0 radical (unpaired) electrons. The molecular formula is C17H20F2IN3O4. The summed E-state index contributed by atoms with van der Waals surface area (Å²) >= 11 is 0. The minimum absolute atomic E-state index is 0. The van der Waals surface area contributed by atoms with Crippen LogP contribution in [0.3, 0.4) is 0 Å². The van der Waals surface area contributed by atoms with Crippen molar-refractivity contribution >= 4 is 29.9 Å². The summed E-state index contributed by atoms with van der Waals surface area (Å²) in [4.78, 5) is 4.41. The smallest absolute Gasteiger partial charge is 0.387 e. The predicted octanol–water partition coefficient (Wildman–Crippen LogP) is 3.48. The highest BCUT2D eigenvalue weighted by Gasteiger charge is 2.20. The Hall–Kier alpha value is -2.24. The highest BCUT2D eigenvalue weighted by Crippen LogP contribution is 2.39. The van der Waals surface area contributed by atoms with Crippen molar-refractivity contribution in [2.24, 2.45) is 4.99 Å². The summed E-state index contributed by atoms with van der Waals surface area (Å²) in [7, 11) is 0. The van der Waals surface area contributed by atoms with E-state index in [2.05, 4.69) is 20.4 Å². The maximum Gasteiger partial charge on any atom is 0.387 e. The zero-order valence-corrected chi connectivity index (χ0v) is 16.9. The summed E-state index contributed by atoms with van der Waals surface area (Å²) in [6.07, 6.45) is 1.58. The molecule has 148 valence electrons. The third-order valence-electron chi connectivity index (χ3n) is 3.53. The molecule has 0 atom stereocenters. The van der Waals surface area contributed by atoms with Gasteiger partial charge in [-0.05, 0) is 25.1 Å². The van der Waals surface area contributed by atoms with Crippen LogP contribution in [-0.4, -0.2) is 25.9 Å². The summed E-state index contributed by atoms with van der Waals surface area (Å²) in [6.45, 7) is 0.237. The SMILES string of the molecule is CCNC(=NCc1cc2c(cc1OC(F)F)OCO2)NCc1ccco1.I. The van der Waals surface area contributed by atoms with E-state index in [1.54, 1.807) is 18.4 Å². The summed E-state index contributed by atoms with van der Waals surface area (Å²) in [5, 5.41) is 6.19. The normalized spacial score (nSPS) is 12.7. The van der Waals surface area contributed by atoms with Crippen molar-refractivity contribution in [3.05, 3.63) is 41.9 Å². The maximum absolute atomic E-state index is 12.7. The van der Waals surface area contributed by atoms with Gasteiger partial charge in [0.05, 0.1) is 19.4 Å². The second kappa shape index (κ2) is 10.2. The number of hydrogen-bond donors (Lipinski definition) is 2. The number of rotatable bonds is 7. The van der Waals surface area contributed by atoms with Crippen molar-refractivity contribution in [3.63, 3.8) is 0 Å². The number of benzene rings is 1. The van der Waals surface area contributed by atoms with Crippen LogP contribution >= 0.6 is 24.0 Å². The average Bonchev–Trinajstić information content (AvgIpc) is 3.27. The number of nitrogens with one attached hydrogen (secondary N) is 2. The molecule has 1 aliphatic rings. The quantitative estimate of drug-likeness (QED) is 0.348. The van der Waals surface area contributed by atoms with E-state index >= 15 is 0 Å². The fourth-order valence-electron chi connectivity index (χ4n) is 2.38. The van der Waals surface area contributed by atoms with Crippen LogP contribution in [0.4, 0.5) is 8.78 Å². The lowest BCUT2D eigenvalue weighted by Crippen LogP contribution is -2.36. The molecule has 2 heterocycles. The summed E-state index contributed by atoms with van der Waals surface area (Å²) in [5.74, 6) is 2.13. The first-order valence-electron chi connectivity index (χ1n) is 8.07. The zero-order valence-electron chi connectivity index (χ0n) is 14.5. The molecule has 2 aromatic rings. The Bertz CT molecular complexity index is 757. The van der Waals surface area contributed by atoms with E-state index in [0.29, 0.717) is 36.1 Å². The minimum atomic E-state index is -2.94. The van der Waals surface area contributed by atoms with Gasteiger partial charge in [0.15, 0.2) is 17.5 Å². The fourth-order valence-corrected chi connectivity index (χ4v) is 2.38. The summed E-state index contributed by atoms with van der Waals surface area (Å²) < 4.78 is 45.7. The molecule has 3 rings (SSSR count). The van der Waals surface area contributed by atoms with Gasteiger partial charge < -0.3 is 29.3 Å². The first kappa shape index (κ1) is 21.1. The van der Waals surface area contributed by atoms with Crippen LogP contribution in [0.15, 0.2) is 39.9 Å². The number of aliphatic imine (C=N–C) groups is 1. The van der Waals surface area contributed by atoms with Gasteiger partial charge in [-0.2, -0.15) is 8.78 Å². The molecule has 0 aliphatic carbocycles. The predicted molar refractivity (Wildman–Crippen MR) is 105 cm³/mol. The lowest BCUT2D eigenvalue weighted by Gasteiger charge is -2.13. The minimum Gasteiger partial charge on any atom is -0.467 e. The summed E-state index contributed by atoms with van der Waals surface area (Å²) in [6, 6.07) is 6.62. The second-order valence-corrected chi connectivity index (χ2v) is 5.32.